The van der Waals surface area contributed by atoms with E-state index in [1.54, 1.807) is 0 Å². The Kier molecular flexibility index (Phi) is 6.12. The van der Waals surface area contributed by atoms with Crippen molar-refractivity contribution in [2.75, 3.05) is 0 Å². The van der Waals surface area contributed by atoms with Crippen LogP contribution in [0.15, 0.2) is 146 Å². The van der Waals surface area contributed by atoms with Crippen LogP contribution in [0.2, 0.25) is 0 Å². The van der Waals surface area contributed by atoms with Crippen LogP contribution in [0.4, 0.5) is 0 Å². The highest BCUT2D eigenvalue weighted by atomic mass is 14.8. The number of hydrogen-bond acceptors (Lipinski definition) is 4. The minimum Gasteiger partial charge on any atom is -0.255 e. The van der Waals surface area contributed by atoms with Gasteiger partial charge in [0.05, 0.1) is 22.8 Å². The van der Waals surface area contributed by atoms with Gasteiger partial charge >= 0.3 is 0 Å². The van der Waals surface area contributed by atoms with Crippen LogP contribution in [0, 0.1) is 0 Å². The summed E-state index contributed by atoms with van der Waals surface area (Å²) >= 11 is 0. The van der Waals surface area contributed by atoms with Crippen LogP contribution >= 0.6 is 0 Å². The lowest BCUT2D eigenvalue weighted by atomic mass is 9.80. The van der Waals surface area contributed by atoms with Crippen molar-refractivity contribution in [1.82, 2.24) is 19.9 Å². The largest absolute Gasteiger partial charge is 0.255 e. The lowest BCUT2D eigenvalue weighted by Crippen LogP contribution is -2.14. The molecule has 0 saturated heterocycles. The topological polar surface area (TPSA) is 51.6 Å². The van der Waals surface area contributed by atoms with Crippen molar-refractivity contribution in [3.05, 3.63) is 157 Å². The fourth-order valence-electron chi connectivity index (χ4n) is 7.41. The zero-order chi connectivity index (χ0) is 31.5. The molecule has 0 unspecified atom stereocenters. The van der Waals surface area contributed by atoms with Gasteiger partial charge in [-0.05, 0) is 103 Å². The molecule has 9 rings (SSSR count). The molecule has 4 heterocycles. The number of fused-ring (bicyclic) bond motifs is 5. The summed E-state index contributed by atoms with van der Waals surface area (Å²) in [5.74, 6) is 0. The number of pyridine rings is 4. The van der Waals surface area contributed by atoms with Gasteiger partial charge in [0.15, 0.2) is 0 Å². The second-order valence-corrected chi connectivity index (χ2v) is 12.7. The van der Waals surface area contributed by atoms with E-state index < -0.39 is 0 Å². The van der Waals surface area contributed by atoms with Crippen molar-refractivity contribution in [1.29, 1.82) is 0 Å². The molecule has 47 heavy (non-hydrogen) atoms. The quantitative estimate of drug-likeness (QED) is 0.188. The maximum absolute atomic E-state index is 4.91. The molecule has 0 N–H and O–H groups in total. The van der Waals surface area contributed by atoms with Crippen molar-refractivity contribution in [3.63, 3.8) is 0 Å². The van der Waals surface area contributed by atoms with Gasteiger partial charge in [0, 0.05) is 41.3 Å². The Bertz CT molecular complexity index is 2450. The van der Waals surface area contributed by atoms with E-state index in [4.69, 9.17) is 9.97 Å². The predicted molar refractivity (Wildman–Crippen MR) is 192 cm³/mol. The van der Waals surface area contributed by atoms with Crippen molar-refractivity contribution in [2.45, 2.75) is 19.3 Å². The summed E-state index contributed by atoms with van der Waals surface area (Å²) in [6.07, 6.45) is 7.62. The normalized spacial score (nSPS) is 13.1. The summed E-state index contributed by atoms with van der Waals surface area (Å²) in [6.45, 7) is 4.68. The third-order valence-electron chi connectivity index (χ3n) is 9.68. The molecule has 222 valence electrons. The van der Waals surface area contributed by atoms with Gasteiger partial charge in [0.2, 0.25) is 0 Å². The molecule has 1 aliphatic carbocycles. The number of nitrogens with zero attached hydrogens (tertiary/aromatic N) is 4. The van der Waals surface area contributed by atoms with E-state index in [9.17, 15) is 0 Å². The third kappa shape index (κ3) is 4.29. The Balaban J connectivity index is 1.34. The number of hydrogen-bond donors (Lipinski definition) is 0. The summed E-state index contributed by atoms with van der Waals surface area (Å²) in [5.41, 5.74) is 13.1. The first kappa shape index (κ1) is 27.3. The highest BCUT2D eigenvalue weighted by Gasteiger charge is 2.36. The van der Waals surface area contributed by atoms with Gasteiger partial charge in [-0.25, -0.2) is 0 Å². The van der Waals surface area contributed by atoms with E-state index >= 15 is 0 Å². The predicted octanol–water partition coefficient (Wildman–Crippen LogP) is 10.5. The van der Waals surface area contributed by atoms with Crippen LogP contribution in [0.1, 0.15) is 25.0 Å². The highest BCUT2D eigenvalue weighted by Crippen LogP contribution is 2.53. The molecule has 0 aliphatic heterocycles. The van der Waals surface area contributed by atoms with Gasteiger partial charge in [-0.3, -0.25) is 19.9 Å². The molecule has 0 atom stereocenters. The Morgan fingerprint density at radius 2 is 0.915 bits per heavy atom. The first-order valence-electron chi connectivity index (χ1n) is 16.0. The van der Waals surface area contributed by atoms with Crippen molar-refractivity contribution < 1.29 is 0 Å². The molecule has 0 spiro atoms. The number of benzene rings is 4. The maximum atomic E-state index is 4.91. The smallest absolute Gasteiger partial charge is 0.0886 e. The average molecular weight is 603 g/mol. The van der Waals surface area contributed by atoms with Crippen molar-refractivity contribution >= 4 is 21.5 Å². The Morgan fingerprint density at radius 1 is 0.404 bits per heavy atom. The molecule has 0 radical (unpaired) electrons. The molecule has 4 aromatic heterocycles. The van der Waals surface area contributed by atoms with Crippen molar-refractivity contribution in [2.24, 2.45) is 0 Å². The van der Waals surface area contributed by atoms with Crippen LogP contribution < -0.4 is 0 Å². The second-order valence-electron chi connectivity index (χ2n) is 12.7. The van der Waals surface area contributed by atoms with Crippen LogP contribution in [-0.2, 0) is 5.41 Å². The Labute approximate surface area is 273 Å². The summed E-state index contributed by atoms with van der Waals surface area (Å²) in [4.78, 5) is 18.9. The monoisotopic (exact) mass is 602 g/mol. The summed E-state index contributed by atoms with van der Waals surface area (Å²) < 4.78 is 0. The molecular formula is C43H30N4. The van der Waals surface area contributed by atoms with Gasteiger partial charge in [-0.1, -0.05) is 86.6 Å². The van der Waals surface area contributed by atoms with Gasteiger partial charge in [-0.15, -0.1) is 0 Å². The molecule has 0 fully saturated rings. The lowest BCUT2D eigenvalue weighted by Gasteiger charge is -2.23. The lowest BCUT2D eigenvalue weighted by molar-refractivity contribution is 0.661. The van der Waals surface area contributed by atoms with Crippen LogP contribution in [0.5, 0.6) is 0 Å². The van der Waals surface area contributed by atoms with Gasteiger partial charge in [-0.2, -0.15) is 0 Å². The van der Waals surface area contributed by atoms with E-state index in [-0.39, 0.29) is 5.41 Å². The Hall–Kier alpha value is -6.00. The molecule has 4 heteroatoms. The minimum absolute atomic E-state index is 0.129. The van der Waals surface area contributed by atoms with E-state index in [2.05, 4.69) is 109 Å². The van der Waals surface area contributed by atoms with E-state index in [0.29, 0.717) is 0 Å². The van der Waals surface area contributed by atoms with E-state index in [1.165, 1.54) is 54.9 Å². The zero-order valence-corrected chi connectivity index (χ0v) is 26.1. The van der Waals surface area contributed by atoms with Gasteiger partial charge in [0.1, 0.15) is 0 Å². The first-order chi connectivity index (χ1) is 23.1. The fraction of sp³-hybridized carbons (Fsp3) is 0.0698. The molecule has 4 aromatic carbocycles. The molecule has 1 aliphatic rings. The van der Waals surface area contributed by atoms with Crippen LogP contribution in [-0.4, -0.2) is 19.9 Å². The molecule has 0 amide bonds. The highest BCUT2D eigenvalue weighted by molar-refractivity contribution is 6.22. The molecular weight excluding hydrogens is 573 g/mol. The Morgan fingerprint density at radius 3 is 1.45 bits per heavy atom. The zero-order valence-electron chi connectivity index (χ0n) is 26.1. The summed E-state index contributed by atoms with van der Waals surface area (Å²) in [7, 11) is 0. The van der Waals surface area contributed by atoms with Gasteiger partial charge in [0.25, 0.3) is 0 Å². The molecule has 0 bridgehead atoms. The molecule has 8 aromatic rings. The third-order valence-corrected chi connectivity index (χ3v) is 9.68. The van der Waals surface area contributed by atoms with E-state index in [1.807, 2.05) is 61.2 Å². The molecule has 4 nitrogen and oxygen atoms in total. The standard InChI is InChI=1S/C43H30N4/c1-43(2)35-14-6-5-11-29(35)32-23-33-34(24-36(32)43)42(28-18-20-40(47-26-28)38-16-8-10-22-45-38)31-13-4-3-12-30(31)41(33)27-17-19-39(46-25-27)37-15-7-9-21-44-37/h3-26H,1-2H3. The second kappa shape index (κ2) is 10.5. The minimum atomic E-state index is -0.129. The SMILES string of the molecule is CC1(C)c2ccccc2-c2cc3c(-c4ccc(-c5ccccn5)nc4)c4ccccc4c(-c4ccc(-c5ccccn5)nc4)c3cc21. The number of rotatable bonds is 4. The van der Waals surface area contributed by atoms with Crippen molar-refractivity contribution in [3.8, 4) is 56.2 Å². The number of aromatic nitrogens is 4. The van der Waals surface area contributed by atoms with Crippen LogP contribution in [0.3, 0.4) is 0 Å². The summed E-state index contributed by atoms with van der Waals surface area (Å²) in [6, 6.07) is 42.8. The van der Waals surface area contributed by atoms with E-state index in [0.717, 1.165) is 33.9 Å². The first-order valence-corrected chi connectivity index (χ1v) is 16.0. The maximum Gasteiger partial charge on any atom is 0.0886 e. The average Bonchev–Trinajstić information content (AvgIpc) is 3.36. The molecule has 0 saturated carbocycles. The summed E-state index contributed by atoms with van der Waals surface area (Å²) in [5, 5.41) is 4.77. The fourth-order valence-corrected chi connectivity index (χ4v) is 7.41. The van der Waals surface area contributed by atoms with Crippen LogP contribution in [0.25, 0.3) is 77.7 Å². The van der Waals surface area contributed by atoms with Gasteiger partial charge < -0.3 is 0 Å².